The third-order valence-corrected chi connectivity index (χ3v) is 6.11. The van der Waals surface area contributed by atoms with Crippen LogP contribution in [0.4, 0.5) is 5.00 Å². The molecule has 0 aliphatic carbocycles. The van der Waals surface area contributed by atoms with Crippen molar-refractivity contribution in [1.29, 1.82) is 0 Å². The van der Waals surface area contributed by atoms with Crippen molar-refractivity contribution in [2.45, 2.75) is 0 Å². The normalized spacial score (nSPS) is 10.7. The van der Waals surface area contributed by atoms with Gasteiger partial charge in [0.2, 0.25) is 0 Å². The topological polar surface area (TPSA) is 64.6 Å². The summed E-state index contributed by atoms with van der Waals surface area (Å²) in [5, 5.41) is 4.45. The number of fused-ring (bicyclic) bond motifs is 1. The van der Waals surface area contributed by atoms with Crippen molar-refractivity contribution in [2.75, 3.05) is 19.5 Å². The molecule has 0 spiro atoms. The van der Waals surface area contributed by atoms with Crippen LogP contribution in [0.5, 0.6) is 11.5 Å². The van der Waals surface area contributed by atoms with Crippen LogP contribution in [0.2, 0.25) is 5.02 Å². The van der Waals surface area contributed by atoms with Crippen molar-refractivity contribution in [1.82, 2.24) is 0 Å². The number of hydrogen-bond acceptors (Lipinski definition) is 5. The molecule has 7 heteroatoms. The summed E-state index contributed by atoms with van der Waals surface area (Å²) in [5.74, 6) is 0.598. The smallest absolute Gasteiger partial charge is 0.256 e. The minimum atomic E-state index is -0.366. The van der Waals surface area contributed by atoms with Crippen molar-refractivity contribution in [2.24, 2.45) is 0 Å². The Hall–Kier alpha value is -3.35. The van der Waals surface area contributed by atoms with Crippen molar-refractivity contribution in [3.63, 3.8) is 0 Å². The van der Waals surface area contributed by atoms with E-state index < -0.39 is 0 Å². The molecular weight excluding hydrogens is 434 g/mol. The van der Waals surface area contributed by atoms with Crippen LogP contribution >= 0.6 is 22.9 Å². The lowest BCUT2D eigenvalue weighted by Gasteiger charge is -2.13. The van der Waals surface area contributed by atoms with Crippen LogP contribution in [0.3, 0.4) is 0 Å². The van der Waals surface area contributed by atoms with Crippen LogP contribution in [0.1, 0.15) is 10.4 Å². The van der Waals surface area contributed by atoms with E-state index >= 15 is 0 Å². The van der Waals surface area contributed by atoms with E-state index in [9.17, 15) is 9.59 Å². The Morgan fingerprint density at radius 3 is 2.45 bits per heavy atom. The van der Waals surface area contributed by atoms with Gasteiger partial charge in [-0.3, -0.25) is 9.59 Å². The molecular formula is C24H18ClNO4S. The summed E-state index contributed by atoms with van der Waals surface area (Å²) in [5.41, 5.74) is 1.25. The molecule has 3 aromatic carbocycles. The molecule has 0 saturated heterocycles. The van der Waals surface area contributed by atoms with Crippen LogP contribution in [0.25, 0.3) is 21.2 Å². The third-order valence-electron chi connectivity index (χ3n) is 4.78. The Balaban J connectivity index is 1.84. The quantitative estimate of drug-likeness (QED) is 0.413. The predicted octanol–water partition coefficient (Wildman–Crippen LogP) is 5.85. The van der Waals surface area contributed by atoms with Gasteiger partial charge in [0.05, 0.1) is 19.8 Å². The predicted molar refractivity (Wildman–Crippen MR) is 126 cm³/mol. The molecule has 1 aromatic heterocycles. The molecule has 0 aliphatic rings. The number of carbonyl (C=O) groups is 1. The maximum Gasteiger partial charge on any atom is 0.256 e. The molecule has 1 heterocycles. The fraction of sp³-hybridized carbons (Fsp3) is 0.0833. The number of carbonyl (C=O) groups excluding carboxylic acids is 1. The van der Waals surface area contributed by atoms with Gasteiger partial charge in [-0.1, -0.05) is 35.9 Å². The number of methoxy groups -OCH3 is 2. The highest BCUT2D eigenvalue weighted by molar-refractivity contribution is 7.22. The molecule has 156 valence electrons. The summed E-state index contributed by atoms with van der Waals surface area (Å²) in [4.78, 5) is 26.4. The van der Waals surface area contributed by atoms with E-state index in [0.29, 0.717) is 43.6 Å². The summed E-state index contributed by atoms with van der Waals surface area (Å²) < 4.78 is 11.3. The van der Waals surface area contributed by atoms with Crippen molar-refractivity contribution >= 4 is 43.9 Å². The molecule has 1 N–H and O–H groups in total. The molecule has 4 rings (SSSR count). The number of rotatable bonds is 5. The molecule has 31 heavy (non-hydrogen) atoms. The van der Waals surface area contributed by atoms with E-state index in [2.05, 4.69) is 5.32 Å². The van der Waals surface area contributed by atoms with Gasteiger partial charge in [0.25, 0.3) is 5.91 Å². The highest BCUT2D eigenvalue weighted by Crippen LogP contribution is 2.35. The average molecular weight is 452 g/mol. The number of ether oxygens (including phenoxy) is 2. The Kier molecular flexibility index (Phi) is 5.93. The Morgan fingerprint density at radius 2 is 1.71 bits per heavy atom. The Labute approximate surface area is 187 Å². The lowest BCUT2D eigenvalue weighted by atomic mass is 10.1. The highest BCUT2D eigenvalue weighted by atomic mass is 35.5. The maximum absolute atomic E-state index is 13.3. The number of halogens is 1. The van der Waals surface area contributed by atoms with E-state index in [4.69, 9.17) is 21.1 Å². The second-order valence-electron chi connectivity index (χ2n) is 6.67. The standard InChI is InChI=1S/C24H18ClNO4S/c1-29-18-11-10-15(13-19(18)30-2)23(28)26-24-21(14-6-5-7-16(25)12-14)22(27)17-8-3-4-9-20(17)31-24/h3-13H,1-2H3,(H,26,28). The van der Waals surface area contributed by atoms with Crippen LogP contribution in [0.15, 0.2) is 71.5 Å². The van der Waals surface area contributed by atoms with Gasteiger partial charge in [0.15, 0.2) is 16.9 Å². The number of anilines is 1. The van der Waals surface area contributed by atoms with Gasteiger partial charge in [-0.15, -0.1) is 11.3 Å². The van der Waals surface area contributed by atoms with Crippen LogP contribution < -0.4 is 20.2 Å². The van der Waals surface area contributed by atoms with Crippen molar-refractivity contribution < 1.29 is 14.3 Å². The molecule has 0 aliphatic heterocycles. The van der Waals surface area contributed by atoms with E-state index in [-0.39, 0.29) is 11.3 Å². The van der Waals surface area contributed by atoms with Crippen molar-refractivity contribution in [3.05, 3.63) is 87.5 Å². The largest absolute Gasteiger partial charge is 0.493 e. The van der Waals surface area contributed by atoms with Crippen molar-refractivity contribution in [3.8, 4) is 22.6 Å². The molecule has 4 aromatic rings. The Bertz CT molecular complexity index is 1350. The summed E-state index contributed by atoms with van der Waals surface area (Å²) in [6, 6.07) is 19.2. The molecule has 0 saturated carbocycles. The van der Waals surface area contributed by atoms with E-state index in [0.717, 1.165) is 4.70 Å². The maximum atomic E-state index is 13.3. The molecule has 0 atom stereocenters. The van der Waals surface area contributed by atoms with Gasteiger partial charge < -0.3 is 14.8 Å². The van der Waals surface area contributed by atoms with Gasteiger partial charge in [0, 0.05) is 20.7 Å². The zero-order valence-electron chi connectivity index (χ0n) is 16.8. The van der Waals surface area contributed by atoms with E-state index in [1.54, 1.807) is 48.5 Å². The van der Waals surface area contributed by atoms with Gasteiger partial charge in [-0.2, -0.15) is 0 Å². The molecule has 1 amide bonds. The molecule has 5 nitrogen and oxygen atoms in total. The number of nitrogens with one attached hydrogen (secondary N) is 1. The minimum absolute atomic E-state index is 0.167. The molecule has 0 bridgehead atoms. The zero-order valence-corrected chi connectivity index (χ0v) is 18.3. The highest BCUT2D eigenvalue weighted by Gasteiger charge is 2.18. The first-order valence-corrected chi connectivity index (χ1v) is 10.6. The number of hydrogen-bond donors (Lipinski definition) is 1. The SMILES string of the molecule is COc1ccc(C(=O)Nc2sc3ccccc3c(=O)c2-c2cccc(Cl)c2)cc1OC. The fourth-order valence-corrected chi connectivity index (χ4v) is 4.57. The van der Waals surface area contributed by atoms with E-state index in [1.807, 2.05) is 18.2 Å². The zero-order chi connectivity index (χ0) is 22.0. The number of benzene rings is 3. The lowest BCUT2D eigenvalue weighted by Crippen LogP contribution is -2.15. The number of amides is 1. The molecule has 0 radical (unpaired) electrons. The fourth-order valence-electron chi connectivity index (χ4n) is 3.29. The average Bonchev–Trinajstić information content (AvgIpc) is 2.78. The lowest BCUT2D eigenvalue weighted by molar-refractivity contribution is 0.102. The van der Waals surface area contributed by atoms with E-state index in [1.165, 1.54) is 25.6 Å². The summed E-state index contributed by atoms with van der Waals surface area (Å²) in [6.07, 6.45) is 0. The first-order chi connectivity index (χ1) is 15.0. The summed E-state index contributed by atoms with van der Waals surface area (Å²) in [6.45, 7) is 0. The Morgan fingerprint density at radius 1 is 0.935 bits per heavy atom. The second kappa shape index (κ2) is 8.79. The summed E-state index contributed by atoms with van der Waals surface area (Å²) in [7, 11) is 3.04. The second-order valence-corrected chi connectivity index (χ2v) is 8.15. The van der Waals surface area contributed by atoms with Crippen LogP contribution in [-0.4, -0.2) is 20.1 Å². The monoisotopic (exact) mass is 451 g/mol. The van der Waals surface area contributed by atoms with Gasteiger partial charge in [-0.25, -0.2) is 0 Å². The molecule has 0 fully saturated rings. The van der Waals surface area contributed by atoms with Gasteiger partial charge >= 0.3 is 0 Å². The summed E-state index contributed by atoms with van der Waals surface area (Å²) >= 11 is 7.51. The van der Waals surface area contributed by atoms with Gasteiger partial charge in [-0.05, 0) is 48.0 Å². The van der Waals surface area contributed by atoms with Crippen LogP contribution in [0, 0.1) is 0 Å². The van der Waals surface area contributed by atoms with Crippen LogP contribution in [-0.2, 0) is 0 Å². The first kappa shape index (κ1) is 20.9. The third kappa shape index (κ3) is 4.13. The van der Waals surface area contributed by atoms with Gasteiger partial charge in [0.1, 0.15) is 5.00 Å². The first-order valence-electron chi connectivity index (χ1n) is 9.37. The molecule has 0 unspecified atom stereocenters. The minimum Gasteiger partial charge on any atom is -0.493 e.